The Labute approximate surface area is 78.6 Å². The molecule has 2 nitrogen and oxygen atoms in total. The Balaban J connectivity index is 1.93. The first kappa shape index (κ1) is 8.82. The first-order valence-electron chi connectivity index (χ1n) is 5.05. The molecule has 1 aliphatic rings. The summed E-state index contributed by atoms with van der Waals surface area (Å²) in [7, 11) is 0. The van der Waals surface area contributed by atoms with Gasteiger partial charge in [0.15, 0.2) is 0 Å². The van der Waals surface area contributed by atoms with Crippen molar-refractivity contribution in [3.05, 3.63) is 24.2 Å². The van der Waals surface area contributed by atoms with Gasteiger partial charge in [0, 0.05) is 0 Å². The minimum absolute atomic E-state index is 0.0938. The molecule has 1 saturated carbocycles. The lowest BCUT2D eigenvalue weighted by Gasteiger charge is -2.26. The summed E-state index contributed by atoms with van der Waals surface area (Å²) in [5.74, 6) is 0.450. The van der Waals surface area contributed by atoms with Crippen LogP contribution in [0.1, 0.15) is 31.2 Å². The van der Waals surface area contributed by atoms with Crippen molar-refractivity contribution >= 4 is 0 Å². The first-order chi connectivity index (χ1) is 6.36. The molecule has 0 amide bonds. The van der Waals surface area contributed by atoms with Gasteiger partial charge in [0.25, 0.3) is 0 Å². The van der Waals surface area contributed by atoms with Gasteiger partial charge in [0.1, 0.15) is 0 Å². The van der Waals surface area contributed by atoms with Crippen LogP contribution < -0.4 is 0 Å². The first-order valence-corrected chi connectivity index (χ1v) is 5.05. The molecular weight excluding hydrogens is 164 g/mol. The molecule has 1 aromatic rings. The molecule has 1 aliphatic carbocycles. The summed E-state index contributed by atoms with van der Waals surface area (Å²) in [5, 5.41) is 9.74. The van der Waals surface area contributed by atoms with Crippen LogP contribution in [0.3, 0.4) is 0 Å². The summed E-state index contributed by atoms with van der Waals surface area (Å²) in [4.78, 5) is 0. The lowest BCUT2D eigenvalue weighted by molar-refractivity contribution is 0.0699. The summed E-state index contributed by atoms with van der Waals surface area (Å²) in [5.41, 5.74) is 1.21. The molecule has 1 N–H and O–H groups in total. The highest BCUT2D eigenvalue weighted by molar-refractivity contribution is 5.07. The predicted molar refractivity (Wildman–Crippen MR) is 50.4 cm³/mol. The average molecular weight is 180 g/mol. The van der Waals surface area contributed by atoms with Crippen molar-refractivity contribution in [2.75, 3.05) is 0 Å². The van der Waals surface area contributed by atoms with E-state index in [2.05, 4.69) is 0 Å². The fourth-order valence-electron chi connectivity index (χ4n) is 2.14. The number of hydrogen-bond acceptors (Lipinski definition) is 2. The molecule has 0 unspecified atom stereocenters. The highest BCUT2D eigenvalue weighted by Gasteiger charge is 2.23. The van der Waals surface area contributed by atoms with E-state index in [1.54, 1.807) is 12.5 Å². The molecule has 2 rings (SSSR count). The van der Waals surface area contributed by atoms with Crippen molar-refractivity contribution in [1.82, 2.24) is 0 Å². The third-order valence-electron chi connectivity index (χ3n) is 2.95. The summed E-state index contributed by atoms with van der Waals surface area (Å²) in [6.45, 7) is 0. The van der Waals surface area contributed by atoms with Gasteiger partial charge in [-0.1, -0.05) is 12.8 Å². The molecule has 2 atom stereocenters. The zero-order chi connectivity index (χ0) is 9.10. The van der Waals surface area contributed by atoms with Crippen LogP contribution in [0.2, 0.25) is 0 Å². The van der Waals surface area contributed by atoms with E-state index in [9.17, 15) is 5.11 Å². The van der Waals surface area contributed by atoms with Crippen molar-refractivity contribution in [2.45, 2.75) is 38.2 Å². The standard InChI is InChI=1S/C11H16O2/c12-11-4-2-1-3-10(11)7-9-5-6-13-8-9/h5-6,8,10-12H,1-4,7H2/t10-,11+/m0/s1. The fraction of sp³-hybridized carbons (Fsp3) is 0.636. The van der Waals surface area contributed by atoms with Crippen LogP contribution >= 0.6 is 0 Å². The Morgan fingerprint density at radius 1 is 1.38 bits per heavy atom. The number of furan rings is 1. The van der Waals surface area contributed by atoms with Crippen LogP contribution in [0.4, 0.5) is 0 Å². The SMILES string of the molecule is O[C@@H]1CCCC[C@H]1Cc1ccoc1. The second kappa shape index (κ2) is 3.97. The maximum Gasteiger partial charge on any atom is 0.0934 e. The summed E-state index contributed by atoms with van der Waals surface area (Å²) >= 11 is 0. The van der Waals surface area contributed by atoms with Crippen LogP contribution in [-0.4, -0.2) is 11.2 Å². The van der Waals surface area contributed by atoms with Gasteiger partial charge in [0.05, 0.1) is 18.6 Å². The van der Waals surface area contributed by atoms with Gasteiger partial charge in [-0.25, -0.2) is 0 Å². The molecular formula is C11H16O2. The monoisotopic (exact) mass is 180 g/mol. The van der Waals surface area contributed by atoms with Gasteiger partial charge in [-0.3, -0.25) is 0 Å². The summed E-state index contributed by atoms with van der Waals surface area (Å²) in [6.07, 6.45) is 8.93. The minimum atomic E-state index is -0.0938. The number of hydrogen-bond donors (Lipinski definition) is 1. The van der Waals surface area contributed by atoms with Crippen LogP contribution in [0.15, 0.2) is 23.0 Å². The summed E-state index contributed by atoms with van der Waals surface area (Å²) < 4.78 is 5.01. The molecule has 0 spiro atoms. The van der Waals surface area contributed by atoms with Crippen molar-refractivity contribution in [3.8, 4) is 0 Å². The summed E-state index contributed by atoms with van der Waals surface area (Å²) in [6, 6.07) is 1.99. The fourth-order valence-corrected chi connectivity index (χ4v) is 2.14. The number of aliphatic hydroxyl groups excluding tert-OH is 1. The molecule has 1 heterocycles. The highest BCUT2D eigenvalue weighted by Crippen LogP contribution is 2.27. The minimum Gasteiger partial charge on any atom is -0.472 e. The third-order valence-corrected chi connectivity index (χ3v) is 2.95. The van der Waals surface area contributed by atoms with Crippen molar-refractivity contribution < 1.29 is 9.52 Å². The number of aliphatic hydroxyl groups is 1. The van der Waals surface area contributed by atoms with Gasteiger partial charge in [-0.05, 0) is 36.8 Å². The van der Waals surface area contributed by atoms with E-state index < -0.39 is 0 Å². The largest absolute Gasteiger partial charge is 0.472 e. The highest BCUT2D eigenvalue weighted by atomic mass is 16.3. The maximum atomic E-state index is 9.74. The van der Waals surface area contributed by atoms with Gasteiger partial charge in [0.2, 0.25) is 0 Å². The third kappa shape index (κ3) is 2.13. The predicted octanol–water partition coefficient (Wildman–Crippen LogP) is 2.37. The molecule has 0 radical (unpaired) electrons. The maximum absolute atomic E-state index is 9.74. The van der Waals surface area contributed by atoms with Gasteiger partial charge in [-0.15, -0.1) is 0 Å². The van der Waals surface area contributed by atoms with Gasteiger partial charge in [-0.2, -0.15) is 0 Å². The molecule has 72 valence electrons. The zero-order valence-electron chi connectivity index (χ0n) is 7.78. The van der Waals surface area contributed by atoms with Crippen molar-refractivity contribution in [1.29, 1.82) is 0 Å². The average Bonchev–Trinajstić information content (AvgIpc) is 2.61. The van der Waals surface area contributed by atoms with E-state index in [1.807, 2.05) is 6.07 Å². The Hall–Kier alpha value is -0.760. The molecule has 1 aromatic heterocycles. The molecule has 0 saturated heterocycles. The zero-order valence-corrected chi connectivity index (χ0v) is 7.78. The van der Waals surface area contributed by atoms with E-state index in [0.29, 0.717) is 5.92 Å². The van der Waals surface area contributed by atoms with E-state index in [1.165, 1.54) is 18.4 Å². The topological polar surface area (TPSA) is 33.4 Å². The quantitative estimate of drug-likeness (QED) is 0.758. The molecule has 1 fully saturated rings. The van der Waals surface area contributed by atoms with Gasteiger partial charge >= 0.3 is 0 Å². The van der Waals surface area contributed by atoms with Crippen LogP contribution in [0.5, 0.6) is 0 Å². The second-order valence-electron chi connectivity index (χ2n) is 3.95. The Morgan fingerprint density at radius 2 is 2.23 bits per heavy atom. The lowest BCUT2D eigenvalue weighted by Crippen LogP contribution is -2.25. The lowest BCUT2D eigenvalue weighted by atomic mass is 9.83. The van der Waals surface area contributed by atoms with E-state index in [4.69, 9.17) is 4.42 Å². The molecule has 2 heteroatoms. The van der Waals surface area contributed by atoms with Gasteiger partial charge < -0.3 is 9.52 Å². The second-order valence-corrected chi connectivity index (χ2v) is 3.95. The van der Waals surface area contributed by atoms with Crippen LogP contribution in [0.25, 0.3) is 0 Å². The smallest absolute Gasteiger partial charge is 0.0934 e. The molecule has 0 aliphatic heterocycles. The number of rotatable bonds is 2. The molecule has 0 aromatic carbocycles. The van der Waals surface area contributed by atoms with Crippen LogP contribution in [0, 0.1) is 5.92 Å². The van der Waals surface area contributed by atoms with Crippen LogP contribution in [-0.2, 0) is 6.42 Å². The van der Waals surface area contributed by atoms with Crippen molar-refractivity contribution in [3.63, 3.8) is 0 Å². The van der Waals surface area contributed by atoms with Crippen molar-refractivity contribution in [2.24, 2.45) is 5.92 Å². The van der Waals surface area contributed by atoms with E-state index in [-0.39, 0.29) is 6.10 Å². The van der Waals surface area contributed by atoms with E-state index >= 15 is 0 Å². The Morgan fingerprint density at radius 3 is 2.92 bits per heavy atom. The van der Waals surface area contributed by atoms with E-state index in [0.717, 1.165) is 19.3 Å². The molecule has 0 bridgehead atoms. The Kier molecular flexibility index (Phi) is 2.69. The Bertz CT molecular complexity index is 241. The molecule has 13 heavy (non-hydrogen) atoms. The normalized spacial score (nSPS) is 29.0.